The normalized spacial score (nSPS) is 15.3. The summed E-state index contributed by atoms with van der Waals surface area (Å²) in [6.45, 7) is 1.89. The standard InChI is InChI=1S/C16H19N5O6S2/c1-10-15(28-16(23)18-10)29(26,27)20-7-5-19(6-8-20)14(22)12-9-11(21(24)25)3-4-13(12)17-2/h3-4,9,17H,5-8H2,1-2H3,(H,18,23). The lowest BCUT2D eigenvalue weighted by Crippen LogP contribution is -2.50. The van der Waals surface area contributed by atoms with Gasteiger partial charge in [0.1, 0.15) is 0 Å². The number of carbonyl (C=O) groups is 1. The minimum atomic E-state index is -3.84. The molecule has 0 atom stereocenters. The average molecular weight is 441 g/mol. The lowest BCUT2D eigenvalue weighted by atomic mass is 10.1. The van der Waals surface area contributed by atoms with Crippen LogP contribution < -0.4 is 10.2 Å². The van der Waals surface area contributed by atoms with Crippen molar-refractivity contribution in [3.05, 3.63) is 49.2 Å². The third-order valence-corrected chi connectivity index (χ3v) is 8.08. The number of hydrogen-bond donors (Lipinski definition) is 2. The molecule has 11 nitrogen and oxygen atoms in total. The van der Waals surface area contributed by atoms with Crippen LogP contribution in [0.1, 0.15) is 16.1 Å². The maximum absolute atomic E-state index is 12.9. The Kier molecular flexibility index (Phi) is 5.73. The second kappa shape index (κ2) is 7.93. The van der Waals surface area contributed by atoms with E-state index in [1.54, 1.807) is 7.05 Å². The Bertz CT molecular complexity index is 1120. The number of nitro benzene ring substituents is 1. The van der Waals surface area contributed by atoms with Crippen molar-refractivity contribution in [1.82, 2.24) is 14.2 Å². The van der Waals surface area contributed by atoms with Crippen molar-refractivity contribution in [3.8, 4) is 0 Å². The smallest absolute Gasteiger partial charge is 0.305 e. The number of nitrogens with zero attached hydrogens (tertiary/aromatic N) is 3. The number of carbonyl (C=O) groups excluding carboxylic acids is 1. The van der Waals surface area contributed by atoms with Gasteiger partial charge in [-0.1, -0.05) is 11.3 Å². The van der Waals surface area contributed by atoms with Gasteiger partial charge in [-0.25, -0.2) is 8.42 Å². The topological polar surface area (TPSA) is 146 Å². The lowest BCUT2D eigenvalue weighted by molar-refractivity contribution is -0.384. The fourth-order valence-electron chi connectivity index (χ4n) is 3.10. The number of hydrogen-bond acceptors (Lipinski definition) is 8. The lowest BCUT2D eigenvalue weighted by Gasteiger charge is -2.34. The van der Waals surface area contributed by atoms with Gasteiger partial charge < -0.3 is 15.2 Å². The number of thiazole rings is 1. The van der Waals surface area contributed by atoms with Crippen LogP contribution >= 0.6 is 11.3 Å². The Labute approximate surface area is 170 Å². The molecule has 29 heavy (non-hydrogen) atoms. The molecule has 0 saturated carbocycles. The fourth-order valence-corrected chi connectivity index (χ4v) is 5.95. The molecule has 1 amide bonds. The number of amides is 1. The fraction of sp³-hybridized carbons (Fsp3) is 0.375. The van der Waals surface area contributed by atoms with Gasteiger partial charge in [0.15, 0.2) is 4.21 Å². The summed E-state index contributed by atoms with van der Waals surface area (Å²) < 4.78 is 26.8. The number of rotatable bonds is 5. The van der Waals surface area contributed by atoms with Crippen molar-refractivity contribution in [2.45, 2.75) is 11.1 Å². The summed E-state index contributed by atoms with van der Waals surface area (Å²) in [5.41, 5.74) is 0.682. The Morgan fingerprint density at radius 1 is 1.28 bits per heavy atom. The predicted octanol–water partition coefficient (Wildman–Crippen LogP) is 0.841. The first-order valence-corrected chi connectivity index (χ1v) is 10.9. The van der Waals surface area contributed by atoms with E-state index in [4.69, 9.17) is 0 Å². The van der Waals surface area contributed by atoms with E-state index in [1.807, 2.05) is 0 Å². The van der Waals surface area contributed by atoms with Gasteiger partial charge >= 0.3 is 4.87 Å². The molecule has 0 aliphatic carbocycles. The average Bonchev–Trinajstić information content (AvgIpc) is 3.05. The predicted molar refractivity (Wildman–Crippen MR) is 107 cm³/mol. The van der Waals surface area contributed by atoms with E-state index in [0.717, 1.165) is 0 Å². The molecule has 0 unspecified atom stereocenters. The van der Waals surface area contributed by atoms with Crippen LogP contribution in [0.3, 0.4) is 0 Å². The maximum Gasteiger partial charge on any atom is 0.305 e. The summed E-state index contributed by atoms with van der Waals surface area (Å²) in [6.07, 6.45) is 0. The van der Waals surface area contributed by atoms with Crippen LogP contribution in [-0.2, 0) is 10.0 Å². The number of anilines is 1. The van der Waals surface area contributed by atoms with Crippen LogP contribution in [0.4, 0.5) is 11.4 Å². The summed E-state index contributed by atoms with van der Waals surface area (Å²) in [7, 11) is -2.23. The molecular formula is C16H19N5O6S2. The van der Waals surface area contributed by atoms with Gasteiger partial charge in [0.05, 0.1) is 10.5 Å². The maximum atomic E-state index is 12.9. The van der Waals surface area contributed by atoms with Crippen LogP contribution in [0, 0.1) is 17.0 Å². The molecule has 1 aromatic heterocycles. The largest absolute Gasteiger partial charge is 0.387 e. The summed E-state index contributed by atoms with van der Waals surface area (Å²) in [4.78, 5) is 38.3. The van der Waals surface area contributed by atoms with Gasteiger partial charge in [-0.3, -0.25) is 19.7 Å². The first kappa shape index (κ1) is 21.0. The Morgan fingerprint density at radius 2 is 1.93 bits per heavy atom. The molecule has 1 aliphatic heterocycles. The van der Waals surface area contributed by atoms with Crippen LogP contribution in [0.15, 0.2) is 27.2 Å². The molecule has 0 radical (unpaired) electrons. The summed E-state index contributed by atoms with van der Waals surface area (Å²) in [6, 6.07) is 3.97. The molecule has 1 aromatic carbocycles. The van der Waals surface area contributed by atoms with E-state index in [1.165, 1.54) is 34.3 Å². The van der Waals surface area contributed by atoms with E-state index < -0.39 is 25.7 Å². The first-order chi connectivity index (χ1) is 13.6. The highest BCUT2D eigenvalue weighted by Crippen LogP contribution is 2.26. The molecule has 0 spiro atoms. The zero-order valence-electron chi connectivity index (χ0n) is 15.7. The summed E-state index contributed by atoms with van der Waals surface area (Å²) in [5, 5.41) is 13.9. The Balaban J connectivity index is 1.78. The molecule has 2 aromatic rings. The molecule has 3 rings (SSSR count). The van der Waals surface area contributed by atoms with Crippen molar-refractivity contribution >= 4 is 38.6 Å². The molecule has 13 heteroatoms. The van der Waals surface area contributed by atoms with Gasteiger partial charge in [0, 0.05) is 56.7 Å². The number of nitrogens with one attached hydrogen (secondary N) is 2. The monoisotopic (exact) mass is 441 g/mol. The van der Waals surface area contributed by atoms with Crippen molar-refractivity contribution < 1.29 is 18.1 Å². The highest BCUT2D eigenvalue weighted by Gasteiger charge is 2.33. The minimum Gasteiger partial charge on any atom is -0.387 e. The minimum absolute atomic E-state index is 0.0292. The highest BCUT2D eigenvalue weighted by atomic mass is 32.2. The van der Waals surface area contributed by atoms with Crippen LogP contribution in [-0.4, -0.2) is 66.7 Å². The molecule has 1 saturated heterocycles. The summed E-state index contributed by atoms with van der Waals surface area (Å²) in [5.74, 6) is -0.419. The Morgan fingerprint density at radius 3 is 2.45 bits per heavy atom. The number of aromatic amines is 1. The molecule has 2 N–H and O–H groups in total. The molecule has 156 valence electrons. The number of aromatic nitrogens is 1. The van der Waals surface area contributed by atoms with Crippen LogP contribution in [0.2, 0.25) is 0 Å². The van der Waals surface area contributed by atoms with Gasteiger partial charge in [-0.05, 0) is 13.0 Å². The second-order valence-electron chi connectivity index (χ2n) is 6.36. The van der Waals surface area contributed by atoms with Gasteiger partial charge in [-0.2, -0.15) is 4.31 Å². The number of H-pyrrole nitrogens is 1. The van der Waals surface area contributed by atoms with E-state index in [-0.39, 0.29) is 47.3 Å². The van der Waals surface area contributed by atoms with E-state index >= 15 is 0 Å². The van der Waals surface area contributed by atoms with Crippen molar-refractivity contribution in [1.29, 1.82) is 0 Å². The van der Waals surface area contributed by atoms with Crippen molar-refractivity contribution in [2.75, 3.05) is 38.5 Å². The van der Waals surface area contributed by atoms with Gasteiger partial charge in [0.2, 0.25) is 0 Å². The van der Waals surface area contributed by atoms with E-state index in [2.05, 4.69) is 10.3 Å². The highest BCUT2D eigenvalue weighted by molar-refractivity contribution is 7.91. The van der Waals surface area contributed by atoms with E-state index in [0.29, 0.717) is 17.0 Å². The third kappa shape index (κ3) is 4.02. The van der Waals surface area contributed by atoms with Gasteiger partial charge in [-0.15, -0.1) is 0 Å². The molecule has 0 bridgehead atoms. The number of nitro groups is 1. The Hall–Kier alpha value is -2.77. The molecular weight excluding hydrogens is 422 g/mol. The SMILES string of the molecule is CNc1ccc([N+](=O)[O-])cc1C(=O)N1CCN(S(=O)(=O)c2sc(=O)[nH]c2C)CC1. The third-order valence-electron chi connectivity index (χ3n) is 4.59. The molecule has 2 heterocycles. The number of piperazine rings is 1. The number of non-ortho nitro benzene ring substituents is 1. The number of aryl methyl sites for hydroxylation is 1. The van der Waals surface area contributed by atoms with Crippen molar-refractivity contribution in [2.24, 2.45) is 0 Å². The molecule has 1 fully saturated rings. The van der Waals surface area contributed by atoms with Gasteiger partial charge in [0.25, 0.3) is 21.6 Å². The number of benzene rings is 1. The quantitative estimate of drug-likeness (QED) is 0.516. The number of sulfonamides is 1. The molecule has 1 aliphatic rings. The first-order valence-electron chi connectivity index (χ1n) is 8.60. The van der Waals surface area contributed by atoms with Crippen LogP contribution in [0.5, 0.6) is 0 Å². The second-order valence-corrected chi connectivity index (χ2v) is 9.48. The summed E-state index contributed by atoms with van der Waals surface area (Å²) >= 11 is 0.635. The van der Waals surface area contributed by atoms with Crippen LogP contribution in [0.25, 0.3) is 0 Å². The zero-order chi connectivity index (χ0) is 21.3. The van der Waals surface area contributed by atoms with Crippen molar-refractivity contribution in [3.63, 3.8) is 0 Å². The zero-order valence-corrected chi connectivity index (χ0v) is 17.3. The van der Waals surface area contributed by atoms with E-state index in [9.17, 15) is 28.1 Å².